The van der Waals surface area contributed by atoms with Crippen LogP contribution in [0.15, 0.2) is 24.3 Å². The van der Waals surface area contributed by atoms with E-state index in [0.717, 1.165) is 11.1 Å². The maximum absolute atomic E-state index is 6.10. The maximum atomic E-state index is 6.10. The Balaban J connectivity index is 2.59. The van der Waals surface area contributed by atoms with Gasteiger partial charge in [0.25, 0.3) is 0 Å². The highest BCUT2D eigenvalue weighted by atomic mass is 35.5. The topological polar surface area (TPSA) is 35.2 Å². The monoisotopic (exact) mass is 273 g/mol. The lowest BCUT2D eigenvalue weighted by atomic mass is 10.1. The number of nitrogen functional groups attached to an aromatic ring is 1. The molecule has 16 heavy (non-hydrogen) atoms. The molecule has 1 aromatic carbocycles. The number of hydrogen-bond acceptors (Lipinski definition) is 3. The predicted octanol–water partition coefficient (Wildman–Crippen LogP) is 4.31. The molecule has 0 fully saturated rings. The first-order valence-corrected chi connectivity index (χ1v) is 6.08. The Morgan fingerprint density at radius 2 is 1.94 bits per heavy atom. The van der Waals surface area contributed by atoms with Crippen molar-refractivity contribution in [1.82, 2.24) is 0 Å². The zero-order valence-corrected chi connectivity index (χ0v) is 10.8. The van der Waals surface area contributed by atoms with Crippen LogP contribution in [0.25, 0.3) is 11.1 Å². The second-order valence-electron chi connectivity index (χ2n) is 3.20. The van der Waals surface area contributed by atoms with Gasteiger partial charge in [0.1, 0.15) is 10.1 Å². The summed E-state index contributed by atoms with van der Waals surface area (Å²) >= 11 is 13.3. The van der Waals surface area contributed by atoms with Crippen molar-refractivity contribution in [3.63, 3.8) is 0 Å². The SMILES string of the molecule is COc1cc(N)ccc1-c1cc(Cl)sc1Cl. The molecule has 2 nitrogen and oxygen atoms in total. The summed E-state index contributed by atoms with van der Waals surface area (Å²) in [7, 11) is 1.60. The molecule has 0 saturated heterocycles. The molecular weight excluding hydrogens is 265 g/mol. The van der Waals surface area contributed by atoms with Gasteiger partial charge in [0, 0.05) is 22.9 Å². The summed E-state index contributed by atoms with van der Waals surface area (Å²) in [6.07, 6.45) is 0. The summed E-state index contributed by atoms with van der Waals surface area (Å²) < 4.78 is 6.57. The molecule has 0 aliphatic rings. The van der Waals surface area contributed by atoms with Gasteiger partial charge in [0.15, 0.2) is 0 Å². The van der Waals surface area contributed by atoms with Crippen LogP contribution >= 0.6 is 34.5 Å². The molecule has 0 spiro atoms. The zero-order valence-electron chi connectivity index (χ0n) is 8.46. The Morgan fingerprint density at radius 3 is 2.50 bits per heavy atom. The second-order valence-corrected chi connectivity index (χ2v) is 5.48. The van der Waals surface area contributed by atoms with Crippen LogP contribution in [0, 0.1) is 0 Å². The minimum Gasteiger partial charge on any atom is -0.496 e. The van der Waals surface area contributed by atoms with Crippen LogP contribution in [0.1, 0.15) is 0 Å². The molecule has 0 radical (unpaired) electrons. The van der Waals surface area contributed by atoms with E-state index in [-0.39, 0.29) is 0 Å². The fourth-order valence-electron chi connectivity index (χ4n) is 1.45. The minimum atomic E-state index is 0.646. The van der Waals surface area contributed by atoms with Gasteiger partial charge in [-0.1, -0.05) is 23.2 Å². The van der Waals surface area contributed by atoms with Crippen LogP contribution in [0.3, 0.4) is 0 Å². The molecule has 2 rings (SSSR count). The van der Waals surface area contributed by atoms with Crippen LogP contribution in [0.2, 0.25) is 8.67 Å². The highest BCUT2D eigenvalue weighted by Crippen LogP contribution is 2.42. The Morgan fingerprint density at radius 1 is 1.19 bits per heavy atom. The van der Waals surface area contributed by atoms with Gasteiger partial charge in [-0.05, 0) is 18.2 Å². The molecule has 84 valence electrons. The van der Waals surface area contributed by atoms with E-state index in [2.05, 4.69) is 0 Å². The van der Waals surface area contributed by atoms with Crippen LogP contribution in [0.5, 0.6) is 5.75 Å². The molecule has 0 bridgehead atoms. The van der Waals surface area contributed by atoms with E-state index in [1.165, 1.54) is 11.3 Å². The lowest BCUT2D eigenvalue weighted by molar-refractivity contribution is 0.416. The van der Waals surface area contributed by atoms with Crippen LogP contribution in [-0.4, -0.2) is 7.11 Å². The summed E-state index contributed by atoms with van der Waals surface area (Å²) in [6.45, 7) is 0. The van der Waals surface area contributed by atoms with E-state index in [0.29, 0.717) is 20.1 Å². The predicted molar refractivity (Wildman–Crippen MR) is 70.7 cm³/mol. The molecule has 2 aromatic rings. The van der Waals surface area contributed by atoms with Gasteiger partial charge in [0.05, 0.1) is 11.4 Å². The van der Waals surface area contributed by atoms with Crippen molar-refractivity contribution in [2.45, 2.75) is 0 Å². The second kappa shape index (κ2) is 4.53. The van der Waals surface area contributed by atoms with E-state index >= 15 is 0 Å². The highest BCUT2D eigenvalue weighted by molar-refractivity contribution is 7.20. The average molecular weight is 274 g/mol. The zero-order chi connectivity index (χ0) is 11.7. The Bertz CT molecular complexity index is 525. The Kier molecular flexibility index (Phi) is 3.28. The highest BCUT2D eigenvalue weighted by Gasteiger charge is 2.12. The van der Waals surface area contributed by atoms with Crippen molar-refractivity contribution in [2.75, 3.05) is 12.8 Å². The van der Waals surface area contributed by atoms with Gasteiger partial charge in [-0.3, -0.25) is 0 Å². The first-order valence-electron chi connectivity index (χ1n) is 4.50. The average Bonchev–Trinajstić information content (AvgIpc) is 2.57. The van der Waals surface area contributed by atoms with Crippen molar-refractivity contribution in [1.29, 1.82) is 0 Å². The van der Waals surface area contributed by atoms with Crippen molar-refractivity contribution < 1.29 is 4.74 Å². The molecule has 0 unspecified atom stereocenters. The number of ether oxygens (including phenoxy) is 1. The number of methoxy groups -OCH3 is 1. The number of rotatable bonds is 2. The van der Waals surface area contributed by atoms with Gasteiger partial charge in [-0.25, -0.2) is 0 Å². The Labute approximate surface area is 108 Å². The van der Waals surface area contributed by atoms with Crippen molar-refractivity contribution in [3.8, 4) is 16.9 Å². The lowest BCUT2D eigenvalue weighted by Crippen LogP contribution is -1.90. The van der Waals surface area contributed by atoms with Gasteiger partial charge < -0.3 is 10.5 Å². The number of nitrogens with two attached hydrogens (primary N) is 1. The molecule has 1 aromatic heterocycles. The smallest absolute Gasteiger partial charge is 0.128 e. The molecule has 0 amide bonds. The van der Waals surface area contributed by atoms with Crippen LogP contribution < -0.4 is 10.5 Å². The Hall–Kier alpha value is -0.900. The van der Waals surface area contributed by atoms with Crippen LogP contribution in [0.4, 0.5) is 5.69 Å². The van der Waals surface area contributed by atoms with E-state index in [1.54, 1.807) is 19.2 Å². The molecule has 1 heterocycles. The van der Waals surface area contributed by atoms with E-state index in [9.17, 15) is 0 Å². The maximum Gasteiger partial charge on any atom is 0.128 e. The number of halogens is 2. The van der Waals surface area contributed by atoms with Gasteiger partial charge >= 0.3 is 0 Å². The third-order valence-electron chi connectivity index (χ3n) is 2.17. The third kappa shape index (κ3) is 2.12. The third-order valence-corrected chi connectivity index (χ3v) is 3.66. The first-order chi connectivity index (χ1) is 7.61. The lowest BCUT2D eigenvalue weighted by Gasteiger charge is -2.08. The summed E-state index contributed by atoms with van der Waals surface area (Å²) in [5, 5.41) is 0. The fourth-order valence-corrected chi connectivity index (χ4v) is 2.95. The molecule has 0 atom stereocenters. The fraction of sp³-hybridized carbons (Fsp3) is 0.0909. The minimum absolute atomic E-state index is 0.646. The summed E-state index contributed by atoms with van der Waals surface area (Å²) in [5.41, 5.74) is 8.10. The van der Waals surface area contributed by atoms with E-state index in [1.807, 2.05) is 12.1 Å². The van der Waals surface area contributed by atoms with Crippen LogP contribution in [-0.2, 0) is 0 Å². The van der Waals surface area contributed by atoms with E-state index in [4.69, 9.17) is 33.7 Å². The normalized spacial score (nSPS) is 10.4. The van der Waals surface area contributed by atoms with Crippen molar-refractivity contribution in [2.24, 2.45) is 0 Å². The van der Waals surface area contributed by atoms with Gasteiger partial charge in [-0.15, -0.1) is 11.3 Å². The quantitative estimate of drug-likeness (QED) is 0.828. The van der Waals surface area contributed by atoms with Crippen molar-refractivity contribution in [3.05, 3.63) is 32.9 Å². The van der Waals surface area contributed by atoms with Gasteiger partial charge in [-0.2, -0.15) is 0 Å². The molecule has 0 saturated carbocycles. The molecular formula is C11H9Cl2NOS. The summed E-state index contributed by atoms with van der Waals surface area (Å²) in [6, 6.07) is 7.26. The summed E-state index contributed by atoms with van der Waals surface area (Å²) in [4.78, 5) is 0. The van der Waals surface area contributed by atoms with Gasteiger partial charge in [0.2, 0.25) is 0 Å². The number of anilines is 1. The molecule has 0 aliphatic heterocycles. The molecule has 5 heteroatoms. The van der Waals surface area contributed by atoms with Crippen molar-refractivity contribution >= 4 is 40.2 Å². The summed E-state index contributed by atoms with van der Waals surface area (Å²) in [5.74, 6) is 0.691. The molecule has 2 N–H and O–H groups in total. The number of thiophene rings is 1. The van der Waals surface area contributed by atoms with E-state index < -0.39 is 0 Å². The first kappa shape index (κ1) is 11.6. The largest absolute Gasteiger partial charge is 0.496 e. The molecule has 0 aliphatic carbocycles. The number of hydrogen-bond donors (Lipinski definition) is 1. The standard InChI is InChI=1S/C11H9Cl2NOS/c1-15-9-4-6(14)2-3-7(9)8-5-10(12)16-11(8)13/h2-5H,14H2,1H3. The number of benzene rings is 1.